The Balaban J connectivity index is 2.19. The minimum atomic E-state index is -0.400. The quantitative estimate of drug-likeness (QED) is 0.748. The largest absolute Gasteiger partial charge is 0.366 e. The molecule has 0 aliphatic heterocycles. The van der Waals surface area contributed by atoms with Crippen LogP contribution in [0, 0.1) is 13.8 Å². The van der Waals surface area contributed by atoms with Gasteiger partial charge in [-0.3, -0.25) is 4.79 Å². The van der Waals surface area contributed by atoms with E-state index in [0.717, 1.165) is 33.8 Å². The number of amides is 1. The maximum absolute atomic E-state index is 11.4. The van der Waals surface area contributed by atoms with Gasteiger partial charge in [0.1, 0.15) is 5.82 Å². The average Bonchev–Trinajstić information content (AvgIpc) is 2.89. The van der Waals surface area contributed by atoms with Crippen LogP contribution in [0.1, 0.15) is 21.9 Å². The molecule has 0 fully saturated rings. The zero-order chi connectivity index (χ0) is 14.4. The number of rotatable bonds is 2. The van der Waals surface area contributed by atoms with E-state index in [-0.39, 0.29) is 0 Å². The number of aryl methyl sites for hydroxylation is 1. The molecule has 5 nitrogen and oxygen atoms in total. The fourth-order valence-electron chi connectivity index (χ4n) is 2.52. The summed E-state index contributed by atoms with van der Waals surface area (Å²) in [6.45, 7) is 3.82. The first-order chi connectivity index (χ1) is 9.47. The van der Waals surface area contributed by atoms with E-state index in [2.05, 4.69) is 9.97 Å². The molecule has 20 heavy (non-hydrogen) atoms. The van der Waals surface area contributed by atoms with Gasteiger partial charge in [-0.15, -0.1) is 0 Å². The summed E-state index contributed by atoms with van der Waals surface area (Å²) in [7, 11) is 1.93. The second-order valence-electron chi connectivity index (χ2n) is 5.01. The molecular weight excluding hydrogens is 252 g/mol. The van der Waals surface area contributed by atoms with Crippen molar-refractivity contribution >= 4 is 16.9 Å². The van der Waals surface area contributed by atoms with E-state index < -0.39 is 5.91 Å². The van der Waals surface area contributed by atoms with Crippen molar-refractivity contribution in [3.8, 4) is 11.3 Å². The van der Waals surface area contributed by atoms with Crippen molar-refractivity contribution in [1.29, 1.82) is 0 Å². The Kier molecular flexibility index (Phi) is 2.64. The molecule has 3 aromatic rings. The summed E-state index contributed by atoms with van der Waals surface area (Å²) in [5.41, 5.74) is 10.7. The molecule has 3 N–H and O–H groups in total. The summed E-state index contributed by atoms with van der Waals surface area (Å²) >= 11 is 0. The van der Waals surface area contributed by atoms with Crippen molar-refractivity contribution < 1.29 is 4.79 Å². The molecule has 0 atom stereocenters. The van der Waals surface area contributed by atoms with Crippen LogP contribution in [0.3, 0.4) is 0 Å². The van der Waals surface area contributed by atoms with E-state index in [0.29, 0.717) is 5.56 Å². The number of primary amides is 1. The fraction of sp³-hybridized carbons (Fsp3) is 0.200. The molecule has 0 aliphatic carbocycles. The smallest absolute Gasteiger partial charge is 0.250 e. The van der Waals surface area contributed by atoms with Crippen LogP contribution in [-0.2, 0) is 7.05 Å². The number of benzene rings is 1. The average molecular weight is 268 g/mol. The number of hydrogen-bond acceptors (Lipinski definition) is 2. The van der Waals surface area contributed by atoms with Gasteiger partial charge in [-0.1, -0.05) is 6.07 Å². The van der Waals surface area contributed by atoms with E-state index in [9.17, 15) is 4.79 Å². The Morgan fingerprint density at radius 2 is 2.05 bits per heavy atom. The third-order valence-corrected chi connectivity index (χ3v) is 3.70. The lowest BCUT2D eigenvalue weighted by Gasteiger charge is -2.05. The van der Waals surface area contributed by atoms with Crippen molar-refractivity contribution in [3.63, 3.8) is 0 Å². The molecule has 0 unspecified atom stereocenters. The van der Waals surface area contributed by atoms with Crippen LogP contribution in [0.4, 0.5) is 0 Å². The van der Waals surface area contributed by atoms with Gasteiger partial charge in [-0.25, -0.2) is 4.98 Å². The summed E-state index contributed by atoms with van der Waals surface area (Å²) in [6, 6.07) is 7.85. The first-order valence-electron chi connectivity index (χ1n) is 6.40. The SMILES string of the molecule is Cc1nc2ccc(-c3cc(C(N)=O)c(C)n3C)cc2[nH]1. The number of nitrogens with zero attached hydrogens (tertiary/aromatic N) is 2. The van der Waals surface area contributed by atoms with Gasteiger partial charge in [0.25, 0.3) is 5.91 Å². The summed E-state index contributed by atoms with van der Waals surface area (Å²) in [4.78, 5) is 19.0. The second kappa shape index (κ2) is 4.23. The lowest BCUT2D eigenvalue weighted by molar-refractivity contribution is 0.0999. The number of nitrogens with one attached hydrogen (secondary N) is 1. The Hall–Kier alpha value is -2.56. The van der Waals surface area contributed by atoms with E-state index in [1.54, 1.807) is 0 Å². The standard InChI is InChI=1S/C15H16N4O/c1-8-11(15(16)20)7-14(19(8)3)10-4-5-12-13(6-10)18-9(2)17-12/h4-7H,1-3H3,(H2,16,20)(H,17,18). The third-order valence-electron chi connectivity index (χ3n) is 3.70. The number of nitrogens with two attached hydrogens (primary N) is 1. The number of hydrogen-bond donors (Lipinski definition) is 2. The topological polar surface area (TPSA) is 76.7 Å². The molecule has 5 heteroatoms. The van der Waals surface area contributed by atoms with Crippen LogP contribution >= 0.6 is 0 Å². The Labute approximate surface area is 116 Å². The highest BCUT2D eigenvalue weighted by atomic mass is 16.1. The molecule has 0 radical (unpaired) electrons. The molecule has 102 valence electrons. The molecule has 0 saturated heterocycles. The molecule has 0 bridgehead atoms. The molecular formula is C15H16N4O. The Morgan fingerprint density at radius 3 is 2.70 bits per heavy atom. The normalized spacial score (nSPS) is 11.2. The van der Waals surface area contributed by atoms with Crippen molar-refractivity contribution in [3.05, 3.63) is 41.3 Å². The molecule has 3 rings (SSSR count). The van der Waals surface area contributed by atoms with E-state index >= 15 is 0 Å². The predicted molar refractivity (Wildman–Crippen MR) is 78.5 cm³/mol. The molecule has 0 spiro atoms. The number of imidazole rings is 1. The summed E-state index contributed by atoms with van der Waals surface area (Å²) in [6.07, 6.45) is 0. The molecule has 0 saturated carbocycles. The van der Waals surface area contributed by atoms with Gasteiger partial charge < -0.3 is 15.3 Å². The first-order valence-corrected chi connectivity index (χ1v) is 6.40. The number of carbonyl (C=O) groups excluding carboxylic acids is 1. The summed E-state index contributed by atoms with van der Waals surface area (Å²) in [5, 5.41) is 0. The van der Waals surface area contributed by atoms with Crippen LogP contribution in [0.2, 0.25) is 0 Å². The van der Waals surface area contributed by atoms with E-state index in [4.69, 9.17) is 5.73 Å². The van der Waals surface area contributed by atoms with E-state index in [1.165, 1.54) is 0 Å². The Bertz CT molecular complexity index is 826. The second-order valence-corrected chi connectivity index (χ2v) is 5.01. The first kappa shape index (κ1) is 12.5. The van der Waals surface area contributed by atoms with Gasteiger partial charge in [0.05, 0.1) is 16.6 Å². The maximum Gasteiger partial charge on any atom is 0.250 e. The molecule has 0 aliphatic rings. The minimum absolute atomic E-state index is 0.400. The molecule has 2 heterocycles. The highest BCUT2D eigenvalue weighted by Crippen LogP contribution is 2.27. The van der Waals surface area contributed by atoms with Gasteiger partial charge in [-0.05, 0) is 32.0 Å². The lowest BCUT2D eigenvalue weighted by atomic mass is 10.1. The number of aromatic nitrogens is 3. The molecule has 1 amide bonds. The highest BCUT2D eigenvalue weighted by Gasteiger charge is 2.14. The van der Waals surface area contributed by atoms with Gasteiger partial charge in [0.15, 0.2) is 0 Å². The summed E-state index contributed by atoms with van der Waals surface area (Å²) in [5.74, 6) is 0.487. The van der Waals surface area contributed by atoms with Crippen LogP contribution in [0.5, 0.6) is 0 Å². The fourth-order valence-corrected chi connectivity index (χ4v) is 2.52. The van der Waals surface area contributed by atoms with Crippen molar-refractivity contribution in [1.82, 2.24) is 14.5 Å². The monoisotopic (exact) mass is 268 g/mol. The van der Waals surface area contributed by atoms with Crippen LogP contribution in [0.15, 0.2) is 24.3 Å². The van der Waals surface area contributed by atoms with Crippen LogP contribution < -0.4 is 5.73 Å². The van der Waals surface area contributed by atoms with Crippen molar-refractivity contribution in [2.24, 2.45) is 12.8 Å². The number of carbonyl (C=O) groups is 1. The molecule has 1 aromatic carbocycles. The van der Waals surface area contributed by atoms with Gasteiger partial charge in [0.2, 0.25) is 0 Å². The number of aromatic amines is 1. The van der Waals surface area contributed by atoms with Crippen LogP contribution in [0.25, 0.3) is 22.3 Å². The zero-order valence-corrected chi connectivity index (χ0v) is 11.7. The van der Waals surface area contributed by atoms with Gasteiger partial charge in [0, 0.05) is 24.0 Å². The van der Waals surface area contributed by atoms with Crippen molar-refractivity contribution in [2.45, 2.75) is 13.8 Å². The third kappa shape index (κ3) is 1.79. The lowest BCUT2D eigenvalue weighted by Crippen LogP contribution is -2.11. The molecule has 2 aromatic heterocycles. The van der Waals surface area contributed by atoms with Crippen LogP contribution in [-0.4, -0.2) is 20.4 Å². The zero-order valence-electron chi connectivity index (χ0n) is 11.7. The van der Waals surface area contributed by atoms with E-state index in [1.807, 2.05) is 49.7 Å². The predicted octanol–water partition coefficient (Wildman–Crippen LogP) is 2.28. The van der Waals surface area contributed by atoms with Gasteiger partial charge in [-0.2, -0.15) is 0 Å². The Morgan fingerprint density at radius 1 is 1.30 bits per heavy atom. The maximum atomic E-state index is 11.4. The minimum Gasteiger partial charge on any atom is -0.366 e. The summed E-state index contributed by atoms with van der Waals surface area (Å²) < 4.78 is 1.98. The van der Waals surface area contributed by atoms with Gasteiger partial charge >= 0.3 is 0 Å². The number of H-pyrrole nitrogens is 1. The van der Waals surface area contributed by atoms with Crippen molar-refractivity contribution in [2.75, 3.05) is 0 Å². The number of fused-ring (bicyclic) bond motifs is 1. The highest BCUT2D eigenvalue weighted by molar-refractivity contribution is 5.96.